The van der Waals surface area contributed by atoms with Gasteiger partial charge in [-0.05, 0) is 12.1 Å². The Balaban J connectivity index is 1.81. The number of morpholine rings is 1. The molecule has 0 saturated carbocycles. The number of anilines is 1. The lowest BCUT2D eigenvalue weighted by Gasteiger charge is -2.26. The van der Waals surface area contributed by atoms with E-state index in [4.69, 9.17) is 4.74 Å². The number of carbonyl (C=O) groups excluding carboxylic acids is 1. The van der Waals surface area contributed by atoms with E-state index in [1.165, 1.54) is 4.31 Å². The molecule has 1 fully saturated rings. The summed E-state index contributed by atoms with van der Waals surface area (Å²) in [5.41, 5.74) is -2.07. The molecule has 1 aliphatic rings. The fourth-order valence-corrected chi connectivity index (χ4v) is 4.00. The van der Waals surface area contributed by atoms with Crippen LogP contribution in [0.2, 0.25) is 0 Å². The Morgan fingerprint density at radius 3 is 2.50 bits per heavy atom. The number of halogens is 3. The SMILES string of the molecule is O=C(CCNc1ccc(C(F)(F)F)cc1[N+](=O)[O-])NCCS(=O)(=O)N1CCOCC1. The maximum absolute atomic E-state index is 12.7. The number of nitrogens with zero attached hydrogens (tertiary/aromatic N) is 2. The predicted octanol–water partition coefficient (Wildman–Crippen LogP) is 1.19. The van der Waals surface area contributed by atoms with Gasteiger partial charge >= 0.3 is 6.18 Å². The molecule has 0 aromatic heterocycles. The zero-order valence-corrected chi connectivity index (χ0v) is 16.6. The molecule has 0 radical (unpaired) electrons. The first-order valence-corrected chi connectivity index (χ1v) is 10.5. The molecule has 1 aliphatic heterocycles. The number of sulfonamides is 1. The Morgan fingerprint density at radius 1 is 1.23 bits per heavy atom. The van der Waals surface area contributed by atoms with Crippen LogP contribution >= 0.6 is 0 Å². The van der Waals surface area contributed by atoms with Gasteiger partial charge in [-0.3, -0.25) is 14.9 Å². The molecule has 10 nitrogen and oxygen atoms in total. The zero-order chi connectivity index (χ0) is 22.4. The minimum absolute atomic E-state index is 0.0890. The maximum Gasteiger partial charge on any atom is 0.416 e. The lowest BCUT2D eigenvalue weighted by molar-refractivity contribution is -0.384. The summed E-state index contributed by atoms with van der Waals surface area (Å²) in [5.74, 6) is -0.787. The third-order valence-electron chi connectivity index (χ3n) is 4.23. The van der Waals surface area contributed by atoms with Gasteiger partial charge < -0.3 is 15.4 Å². The van der Waals surface area contributed by atoms with Crippen LogP contribution in [0.5, 0.6) is 0 Å². The highest BCUT2D eigenvalue weighted by Crippen LogP contribution is 2.34. The third kappa shape index (κ3) is 6.81. The number of benzene rings is 1. The van der Waals surface area contributed by atoms with Gasteiger partial charge in [0.25, 0.3) is 5.69 Å². The summed E-state index contributed by atoms with van der Waals surface area (Å²) in [6.45, 7) is 0.937. The van der Waals surface area contributed by atoms with E-state index in [9.17, 15) is 36.5 Å². The smallest absolute Gasteiger partial charge is 0.379 e. The number of carbonyl (C=O) groups is 1. The molecule has 1 amide bonds. The summed E-state index contributed by atoms with van der Waals surface area (Å²) in [5, 5.41) is 16.0. The number of rotatable bonds is 9. The number of alkyl halides is 3. The summed E-state index contributed by atoms with van der Waals surface area (Å²) in [7, 11) is -3.52. The zero-order valence-electron chi connectivity index (χ0n) is 15.8. The monoisotopic (exact) mass is 454 g/mol. The fourth-order valence-electron chi connectivity index (χ4n) is 2.68. The molecule has 0 atom stereocenters. The molecule has 2 rings (SSSR count). The average molecular weight is 454 g/mol. The molecule has 1 aromatic carbocycles. The topological polar surface area (TPSA) is 131 Å². The first kappa shape index (κ1) is 23.8. The van der Waals surface area contributed by atoms with Crippen LogP contribution in [0.3, 0.4) is 0 Å². The summed E-state index contributed by atoms with van der Waals surface area (Å²) in [6.07, 6.45) is -4.87. The van der Waals surface area contributed by atoms with E-state index in [-0.39, 0.29) is 44.0 Å². The largest absolute Gasteiger partial charge is 0.416 e. The van der Waals surface area contributed by atoms with Gasteiger partial charge in [-0.25, -0.2) is 8.42 Å². The Labute approximate surface area is 170 Å². The number of amides is 1. The first-order valence-electron chi connectivity index (χ1n) is 8.92. The highest BCUT2D eigenvalue weighted by Gasteiger charge is 2.33. The Kier molecular flexibility index (Phi) is 7.97. The van der Waals surface area contributed by atoms with Gasteiger partial charge in [-0.15, -0.1) is 0 Å². The van der Waals surface area contributed by atoms with Crippen molar-refractivity contribution in [3.8, 4) is 0 Å². The molecule has 168 valence electrons. The minimum Gasteiger partial charge on any atom is -0.379 e. The highest BCUT2D eigenvalue weighted by molar-refractivity contribution is 7.89. The predicted molar refractivity (Wildman–Crippen MR) is 100 cm³/mol. The second-order valence-corrected chi connectivity index (χ2v) is 8.43. The molecule has 0 aliphatic carbocycles. The van der Waals surface area contributed by atoms with Crippen molar-refractivity contribution in [2.24, 2.45) is 0 Å². The number of hydrogen-bond donors (Lipinski definition) is 2. The van der Waals surface area contributed by atoms with Crippen LogP contribution in [0.1, 0.15) is 12.0 Å². The van der Waals surface area contributed by atoms with E-state index in [2.05, 4.69) is 10.6 Å². The van der Waals surface area contributed by atoms with Gasteiger partial charge in [0.1, 0.15) is 5.69 Å². The fraction of sp³-hybridized carbons (Fsp3) is 0.562. The quantitative estimate of drug-likeness (QED) is 0.423. The van der Waals surface area contributed by atoms with E-state index < -0.39 is 38.3 Å². The van der Waals surface area contributed by atoms with Crippen molar-refractivity contribution in [1.82, 2.24) is 9.62 Å². The Bertz CT molecular complexity index is 872. The van der Waals surface area contributed by atoms with Gasteiger partial charge in [0.15, 0.2) is 0 Å². The summed E-state index contributed by atoms with van der Waals surface area (Å²) < 4.78 is 68.7. The van der Waals surface area contributed by atoms with Gasteiger partial charge in [-0.2, -0.15) is 17.5 Å². The Hall–Kier alpha value is -2.45. The van der Waals surface area contributed by atoms with Gasteiger partial charge in [0, 0.05) is 38.7 Å². The standard InChI is InChI=1S/C16H21F3N4O6S/c17-16(18,19)12-1-2-13(14(11-12)23(25)26)20-4-3-15(24)21-5-10-30(27,28)22-6-8-29-9-7-22/h1-2,11,20H,3-10H2,(H,21,24). The van der Waals surface area contributed by atoms with Crippen molar-refractivity contribution in [2.45, 2.75) is 12.6 Å². The lowest BCUT2D eigenvalue weighted by atomic mass is 10.1. The van der Waals surface area contributed by atoms with Crippen molar-refractivity contribution in [3.05, 3.63) is 33.9 Å². The molecule has 1 saturated heterocycles. The highest BCUT2D eigenvalue weighted by atomic mass is 32.2. The normalized spacial score (nSPS) is 15.6. The van der Waals surface area contributed by atoms with Crippen molar-refractivity contribution in [2.75, 3.05) is 50.5 Å². The minimum atomic E-state index is -4.72. The van der Waals surface area contributed by atoms with Crippen LogP contribution in [0.25, 0.3) is 0 Å². The number of nitrogens with one attached hydrogen (secondary N) is 2. The van der Waals surface area contributed by atoms with E-state index >= 15 is 0 Å². The Morgan fingerprint density at radius 2 is 1.90 bits per heavy atom. The third-order valence-corrected chi connectivity index (χ3v) is 6.11. The molecular formula is C16H21F3N4O6S. The van der Waals surface area contributed by atoms with E-state index in [0.717, 1.165) is 6.07 Å². The van der Waals surface area contributed by atoms with Gasteiger partial charge in [0.05, 0.1) is 29.5 Å². The second kappa shape index (κ2) is 10.0. The molecule has 0 bridgehead atoms. The number of ether oxygens (including phenoxy) is 1. The molecule has 2 N–H and O–H groups in total. The molecular weight excluding hydrogens is 433 g/mol. The second-order valence-electron chi connectivity index (χ2n) is 6.34. The molecule has 1 aromatic rings. The molecule has 0 spiro atoms. The number of nitro benzene ring substituents is 1. The number of nitro groups is 1. The van der Waals surface area contributed by atoms with Crippen molar-refractivity contribution in [1.29, 1.82) is 0 Å². The lowest BCUT2D eigenvalue weighted by Crippen LogP contribution is -2.43. The average Bonchev–Trinajstić information content (AvgIpc) is 2.67. The van der Waals surface area contributed by atoms with Crippen LogP contribution < -0.4 is 10.6 Å². The first-order chi connectivity index (χ1) is 14.0. The number of hydrogen-bond acceptors (Lipinski definition) is 7. The van der Waals surface area contributed by atoms with Crippen LogP contribution in [0.15, 0.2) is 18.2 Å². The summed E-state index contributed by atoms with van der Waals surface area (Å²) in [6, 6.07) is 2.04. The van der Waals surface area contributed by atoms with E-state index in [1.807, 2.05) is 0 Å². The van der Waals surface area contributed by atoms with Gasteiger partial charge in [-0.1, -0.05) is 0 Å². The summed E-state index contributed by atoms with van der Waals surface area (Å²) >= 11 is 0. The van der Waals surface area contributed by atoms with Crippen LogP contribution in [0, 0.1) is 10.1 Å². The van der Waals surface area contributed by atoms with Crippen LogP contribution in [-0.2, 0) is 25.7 Å². The van der Waals surface area contributed by atoms with Crippen LogP contribution in [0.4, 0.5) is 24.5 Å². The molecule has 14 heteroatoms. The van der Waals surface area contributed by atoms with Crippen molar-refractivity contribution in [3.63, 3.8) is 0 Å². The van der Waals surface area contributed by atoms with Crippen molar-refractivity contribution >= 4 is 27.3 Å². The van der Waals surface area contributed by atoms with Gasteiger partial charge in [0.2, 0.25) is 15.9 Å². The van der Waals surface area contributed by atoms with Crippen molar-refractivity contribution < 1.29 is 36.0 Å². The molecule has 0 unspecified atom stereocenters. The van der Waals surface area contributed by atoms with E-state index in [0.29, 0.717) is 25.3 Å². The molecule has 30 heavy (non-hydrogen) atoms. The molecule has 1 heterocycles. The summed E-state index contributed by atoms with van der Waals surface area (Å²) in [4.78, 5) is 21.9. The van der Waals surface area contributed by atoms with Crippen LogP contribution in [-0.4, -0.2) is 68.7 Å². The van der Waals surface area contributed by atoms with E-state index in [1.54, 1.807) is 0 Å². The maximum atomic E-state index is 12.7.